The van der Waals surface area contributed by atoms with E-state index in [1.165, 1.54) is 46.0 Å². The predicted molar refractivity (Wildman–Crippen MR) is 356 cm³/mol. The first-order chi connectivity index (χ1) is 43.0. The maximum Gasteiger partial charge on any atom is 0.308 e. The van der Waals surface area contributed by atoms with Crippen molar-refractivity contribution in [3.05, 3.63) is 188 Å². The van der Waals surface area contributed by atoms with Crippen LogP contribution in [0.1, 0.15) is 125 Å². The highest BCUT2D eigenvalue weighted by Crippen LogP contribution is 2.36. The summed E-state index contributed by atoms with van der Waals surface area (Å²) in [6, 6.07) is 40.0. The van der Waals surface area contributed by atoms with Crippen molar-refractivity contribution in [1.82, 2.24) is 28.4 Å². The van der Waals surface area contributed by atoms with Crippen molar-refractivity contribution >= 4 is 90.7 Å². The summed E-state index contributed by atoms with van der Waals surface area (Å²) < 4.78 is 17.2. The highest BCUT2D eigenvalue weighted by atomic mass is 35.5. The van der Waals surface area contributed by atoms with Crippen LogP contribution in [0.15, 0.2) is 127 Å². The van der Waals surface area contributed by atoms with Crippen LogP contribution in [0.3, 0.4) is 0 Å². The van der Waals surface area contributed by atoms with E-state index in [-0.39, 0.29) is 35.7 Å². The van der Waals surface area contributed by atoms with Crippen LogP contribution in [-0.4, -0.2) is 123 Å². The minimum atomic E-state index is -0.378. The molecule has 0 amide bonds. The highest BCUT2D eigenvalue weighted by molar-refractivity contribution is 6.31. The van der Waals surface area contributed by atoms with Crippen LogP contribution in [0.25, 0.3) is 54.6 Å². The van der Waals surface area contributed by atoms with E-state index < -0.39 is 0 Å². The summed E-state index contributed by atoms with van der Waals surface area (Å²) in [5, 5.41) is 4.08. The fraction of sp³-hybridized carbons (Fsp3) is 0.342. The molecule has 6 heterocycles. The lowest BCUT2D eigenvalue weighted by Gasteiger charge is -2.25. The molecule has 6 aromatic carbocycles. The molecule has 3 aliphatic heterocycles. The summed E-state index contributed by atoms with van der Waals surface area (Å²) in [4.78, 5) is 73.1. The van der Waals surface area contributed by atoms with Crippen LogP contribution < -0.4 is 9.47 Å². The number of halogens is 2. The van der Waals surface area contributed by atoms with Crippen molar-refractivity contribution in [1.29, 1.82) is 0 Å². The molecule has 3 fully saturated rings. The third-order valence-corrected chi connectivity index (χ3v) is 17.6. The number of nitrogens with zero attached hydrogens (tertiary/aromatic N) is 7. The van der Waals surface area contributed by atoms with Gasteiger partial charge in [0, 0.05) is 96.1 Å². The molecule has 0 radical (unpaired) electrons. The first-order valence-corrected chi connectivity index (χ1v) is 31.7. The monoisotopic (exact) mass is 1230 g/mol. The summed E-state index contributed by atoms with van der Waals surface area (Å²) in [5.41, 5.74) is 12.4. The Balaban J connectivity index is 0.000000147. The number of piperidine rings is 3. The van der Waals surface area contributed by atoms with E-state index in [1.54, 1.807) is 6.07 Å². The summed E-state index contributed by atoms with van der Waals surface area (Å²) >= 11 is 12.2. The van der Waals surface area contributed by atoms with Crippen molar-refractivity contribution in [3.8, 4) is 28.6 Å². The van der Waals surface area contributed by atoms with E-state index in [0.29, 0.717) is 46.9 Å². The third-order valence-electron chi connectivity index (χ3n) is 17.1. The molecule has 12 rings (SSSR count). The van der Waals surface area contributed by atoms with Crippen LogP contribution in [0.2, 0.25) is 10.0 Å². The Bertz CT molecular complexity index is 4120. The van der Waals surface area contributed by atoms with Crippen molar-refractivity contribution < 1.29 is 33.4 Å². The van der Waals surface area contributed by atoms with Gasteiger partial charge in [0.1, 0.15) is 18.1 Å². The molecule has 460 valence electrons. The van der Waals surface area contributed by atoms with Crippen LogP contribution in [0, 0.1) is 34.3 Å². The number of carbonyl (C=O) groups excluding carboxylic acids is 5. The van der Waals surface area contributed by atoms with Gasteiger partial charge in [-0.25, -0.2) is 4.85 Å². The highest BCUT2D eigenvalue weighted by Gasteiger charge is 2.28. The van der Waals surface area contributed by atoms with Gasteiger partial charge in [0.25, 0.3) is 0 Å². The lowest BCUT2D eigenvalue weighted by atomic mass is 10.0. The molecule has 0 N–H and O–H groups in total. The van der Waals surface area contributed by atoms with Gasteiger partial charge in [0.2, 0.25) is 0 Å². The van der Waals surface area contributed by atoms with Gasteiger partial charge in [-0.3, -0.25) is 38.7 Å². The molecule has 0 saturated carbocycles. The number of ether oxygens (including phenoxy) is 2. The van der Waals surface area contributed by atoms with Crippen molar-refractivity contribution in [2.24, 2.45) is 0 Å². The molecule has 0 bridgehead atoms. The van der Waals surface area contributed by atoms with Gasteiger partial charge < -0.3 is 23.2 Å². The van der Waals surface area contributed by atoms with Gasteiger partial charge in [-0.05, 0) is 209 Å². The van der Waals surface area contributed by atoms with Crippen LogP contribution >= 0.6 is 23.2 Å². The molecule has 3 aromatic heterocycles. The molecular weight excluding hydrogens is 1160 g/mol. The van der Waals surface area contributed by atoms with E-state index in [1.807, 2.05) is 128 Å². The first kappa shape index (κ1) is 63.8. The van der Waals surface area contributed by atoms with Crippen molar-refractivity contribution in [2.45, 2.75) is 99.3 Å². The first-order valence-electron chi connectivity index (χ1n) is 30.9. The second-order valence-corrected chi connectivity index (χ2v) is 24.6. The number of Topliss-reactive ketones (excluding diaryl/α,β-unsaturated/α-hetero) is 4. The topological polar surface area (TPSA) is 133 Å². The minimum absolute atomic E-state index is 0.0207. The Morgan fingerprint density at radius 1 is 0.449 bits per heavy atom. The smallest absolute Gasteiger partial charge is 0.308 e. The van der Waals surface area contributed by atoms with Gasteiger partial charge in [0.15, 0.2) is 28.8 Å². The zero-order valence-electron chi connectivity index (χ0n) is 51.8. The number of rotatable bonds is 16. The van der Waals surface area contributed by atoms with Gasteiger partial charge in [-0.1, -0.05) is 66.2 Å². The van der Waals surface area contributed by atoms with Gasteiger partial charge in [-0.2, -0.15) is 0 Å². The summed E-state index contributed by atoms with van der Waals surface area (Å²) in [5.74, 6) is 1.09. The number of fused-ring (bicyclic) bond motifs is 3. The average Bonchev–Trinajstić information content (AvgIpc) is 1.64. The Hall–Kier alpha value is -8.16. The largest absolute Gasteiger partial charge is 0.486 e. The predicted octanol–water partition coefficient (Wildman–Crippen LogP) is 15.9. The van der Waals surface area contributed by atoms with E-state index in [4.69, 9.17) is 39.2 Å². The Morgan fingerprint density at radius 2 is 0.831 bits per heavy atom. The van der Waals surface area contributed by atoms with E-state index in [0.717, 1.165) is 154 Å². The van der Waals surface area contributed by atoms with Crippen molar-refractivity contribution in [2.75, 3.05) is 65.5 Å². The van der Waals surface area contributed by atoms with Crippen molar-refractivity contribution in [3.63, 3.8) is 0 Å². The van der Waals surface area contributed by atoms with Gasteiger partial charge in [-0.15, -0.1) is 0 Å². The fourth-order valence-electron chi connectivity index (χ4n) is 12.9. The molecule has 9 aromatic rings. The average molecular weight is 1240 g/mol. The number of ketones is 4. The second kappa shape index (κ2) is 29.0. The Labute approximate surface area is 531 Å². The number of likely N-dealkylation sites (tertiary alicyclic amines) is 3. The maximum atomic E-state index is 13.4. The Morgan fingerprint density at radius 3 is 1.24 bits per heavy atom. The lowest BCUT2D eigenvalue weighted by Crippen LogP contribution is -2.34. The number of hydrogen-bond acceptors (Lipinski definition) is 10. The van der Waals surface area contributed by atoms with Crippen LogP contribution in [0.4, 0.5) is 5.69 Å². The van der Waals surface area contributed by atoms with E-state index in [9.17, 15) is 24.0 Å². The summed E-state index contributed by atoms with van der Waals surface area (Å²) in [6.45, 7) is 25.4. The fourth-order valence-corrected chi connectivity index (χ4v) is 13.2. The summed E-state index contributed by atoms with van der Waals surface area (Å²) in [6.07, 6.45) is 10.7. The van der Waals surface area contributed by atoms with E-state index >= 15 is 0 Å². The quantitative estimate of drug-likeness (QED) is 0.0398. The number of aromatic nitrogens is 3. The molecule has 0 atom stereocenters. The lowest BCUT2D eigenvalue weighted by molar-refractivity contribution is -0.131. The molecule has 14 nitrogen and oxygen atoms in total. The number of carbonyl (C=O) groups is 5. The minimum Gasteiger partial charge on any atom is -0.486 e. The normalized spacial score (nSPS) is 14.8. The van der Waals surface area contributed by atoms with Crippen LogP contribution in [0.5, 0.6) is 11.5 Å². The molecule has 16 heteroatoms. The maximum absolute atomic E-state index is 13.4. The zero-order valence-corrected chi connectivity index (χ0v) is 53.3. The molecule has 0 unspecified atom stereocenters. The molecule has 0 spiro atoms. The molecule has 89 heavy (non-hydrogen) atoms. The SMILES string of the molecule is CC(=O)COc1ccc2c(C(=O)CN3CCCCC3)c(C)n(-c3ccc(Cl)cc3)c2c1.CC(=O)Oc1ccc2c(C(=O)CN3CCCCC3)c(C)n(-c3ccc(Cl)cc3)c2c1.[C-]#[N+]c1ccc(-n2c(C)c(C(=O)CN3CCCCC3)c3cc(C)ccc32)cc1. The molecular formula is C73H77Cl2N7O7. The Kier molecular flexibility index (Phi) is 20.8. The standard InChI is InChI=1S/C25H27ClN2O3.C24H25ClN2O3.C24H25N3O/c1-17(29)16-31-21-10-11-22-23(14-21)28(20-8-6-19(26)7-9-20)18(2)25(22)24(30)15-27-12-4-3-5-13-27;1-16-24(23(29)15-26-12-4-3-5-13-26)21-11-10-20(30-17(2)28)14-22(21)27(16)19-8-6-18(25)7-9-19;1-17-7-12-22-21(15-17)24(23(28)16-26-13-5-4-6-14-26)18(2)27(22)20-10-8-19(25-3)9-11-20/h6-11,14H,3-5,12-13,15-16H2,1-2H3;6-11,14H,3-5,12-13,15H2,1-2H3;7-12,15H,4-6,13-14,16H2,1-2H3. The number of esters is 1. The van der Waals surface area contributed by atoms with Gasteiger partial charge >= 0.3 is 5.97 Å². The van der Waals surface area contributed by atoms with Crippen LogP contribution in [-0.2, 0) is 9.59 Å². The number of hydrogen-bond donors (Lipinski definition) is 0. The number of aryl methyl sites for hydroxylation is 1. The van der Waals surface area contributed by atoms with Gasteiger partial charge in [0.05, 0.1) is 42.8 Å². The molecule has 3 aliphatic rings. The third kappa shape index (κ3) is 15.0. The van der Waals surface area contributed by atoms with E-state index in [2.05, 4.69) is 53.8 Å². The number of benzene rings is 6. The summed E-state index contributed by atoms with van der Waals surface area (Å²) in [7, 11) is 0. The second-order valence-electron chi connectivity index (χ2n) is 23.7. The molecule has 3 saturated heterocycles. The zero-order chi connectivity index (χ0) is 62.9. The molecule has 0 aliphatic carbocycles.